The summed E-state index contributed by atoms with van der Waals surface area (Å²) in [5.41, 5.74) is 2.51. The number of fused-ring (bicyclic) bond motifs is 1. The zero-order valence-electron chi connectivity index (χ0n) is 11.6. The first kappa shape index (κ1) is 14.3. The molecule has 0 aromatic heterocycles. The fourth-order valence-corrected chi connectivity index (χ4v) is 3.65. The van der Waals surface area contributed by atoms with Crippen LogP contribution in [0.25, 0.3) is 0 Å². The molecule has 21 heavy (non-hydrogen) atoms. The summed E-state index contributed by atoms with van der Waals surface area (Å²) in [5.74, 6) is 0. The van der Waals surface area contributed by atoms with Crippen molar-refractivity contribution in [2.75, 3.05) is 0 Å². The summed E-state index contributed by atoms with van der Waals surface area (Å²) >= 11 is 3.48. The van der Waals surface area contributed by atoms with Crippen LogP contribution in [0.15, 0.2) is 53.0 Å². The molecular formula is C18H16BrNO. The number of rotatable bonds is 2. The lowest BCUT2D eigenvalue weighted by Crippen LogP contribution is -2.34. The van der Waals surface area contributed by atoms with Gasteiger partial charge < -0.3 is 5.11 Å². The van der Waals surface area contributed by atoms with E-state index in [-0.39, 0.29) is 0 Å². The maximum atomic E-state index is 10.8. The maximum absolute atomic E-state index is 10.8. The fourth-order valence-electron chi connectivity index (χ4n) is 3.14. The predicted octanol–water partition coefficient (Wildman–Crippen LogP) is 4.18. The van der Waals surface area contributed by atoms with Crippen molar-refractivity contribution in [3.63, 3.8) is 0 Å². The molecule has 0 bridgehead atoms. The van der Waals surface area contributed by atoms with Gasteiger partial charge in [0.05, 0.1) is 17.6 Å². The summed E-state index contributed by atoms with van der Waals surface area (Å²) in [6.07, 6.45) is 1.34. The molecule has 2 aromatic rings. The number of hydrogen-bond donors (Lipinski definition) is 1. The molecule has 3 heteroatoms. The Hall–Kier alpha value is -1.63. The van der Waals surface area contributed by atoms with Gasteiger partial charge in [0.15, 0.2) is 0 Å². The van der Waals surface area contributed by atoms with Crippen LogP contribution in [0.5, 0.6) is 0 Å². The minimum Gasteiger partial charge on any atom is -0.387 e. The zero-order chi connectivity index (χ0) is 14.9. The summed E-state index contributed by atoms with van der Waals surface area (Å²) in [4.78, 5) is 0. The monoisotopic (exact) mass is 341 g/mol. The Bertz CT molecular complexity index is 706. The van der Waals surface area contributed by atoms with Gasteiger partial charge in [-0.15, -0.1) is 0 Å². The van der Waals surface area contributed by atoms with Gasteiger partial charge in [0.1, 0.15) is 0 Å². The van der Waals surface area contributed by atoms with E-state index in [4.69, 9.17) is 0 Å². The summed E-state index contributed by atoms with van der Waals surface area (Å²) in [7, 11) is 0. The average molecular weight is 342 g/mol. The van der Waals surface area contributed by atoms with Crippen molar-refractivity contribution in [3.05, 3.63) is 69.7 Å². The van der Waals surface area contributed by atoms with Gasteiger partial charge in [-0.2, -0.15) is 5.26 Å². The second kappa shape index (κ2) is 5.63. The van der Waals surface area contributed by atoms with Crippen LogP contribution in [0, 0.1) is 16.7 Å². The average Bonchev–Trinajstić information content (AvgIpc) is 2.54. The lowest BCUT2D eigenvalue weighted by molar-refractivity contribution is 0.0520. The first-order chi connectivity index (χ1) is 10.2. The van der Waals surface area contributed by atoms with Crippen LogP contribution in [-0.2, 0) is 12.8 Å². The number of hydrogen-bond acceptors (Lipinski definition) is 2. The van der Waals surface area contributed by atoms with Gasteiger partial charge in [0.25, 0.3) is 0 Å². The summed E-state index contributed by atoms with van der Waals surface area (Å²) in [6, 6.07) is 18.2. The van der Waals surface area contributed by atoms with E-state index in [2.05, 4.69) is 34.1 Å². The van der Waals surface area contributed by atoms with Gasteiger partial charge in [-0.3, -0.25) is 0 Å². The van der Waals surface area contributed by atoms with Crippen LogP contribution in [0.2, 0.25) is 0 Å². The Morgan fingerprint density at radius 3 is 2.48 bits per heavy atom. The van der Waals surface area contributed by atoms with E-state index in [0.717, 1.165) is 16.5 Å². The molecule has 0 fully saturated rings. The minimum atomic E-state index is -0.786. The number of nitriles is 1. The highest BCUT2D eigenvalue weighted by atomic mass is 79.9. The van der Waals surface area contributed by atoms with Crippen molar-refractivity contribution in [2.45, 2.75) is 25.4 Å². The molecule has 0 saturated carbocycles. The second-order valence-corrected chi connectivity index (χ2v) is 6.49. The number of aliphatic hydroxyl groups excluding tert-OH is 1. The fraction of sp³-hybridized carbons (Fsp3) is 0.278. The predicted molar refractivity (Wildman–Crippen MR) is 85.6 cm³/mol. The highest BCUT2D eigenvalue weighted by Crippen LogP contribution is 2.45. The molecule has 2 unspecified atom stereocenters. The molecule has 2 atom stereocenters. The van der Waals surface area contributed by atoms with E-state index in [1.54, 1.807) is 0 Å². The van der Waals surface area contributed by atoms with Crippen LogP contribution in [0.1, 0.15) is 29.2 Å². The molecule has 0 radical (unpaired) electrons. The Morgan fingerprint density at radius 1 is 1.10 bits per heavy atom. The third kappa shape index (κ3) is 2.50. The van der Waals surface area contributed by atoms with Crippen LogP contribution >= 0.6 is 15.9 Å². The van der Waals surface area contributed by atoms with Gasteiger partial charge in [-0.05, 0) is 42.0 Å². The second-order valence-electron chi connectivity index (χ2n) is 5.64. The van der Waals surface area contributed by atoms with Crippen LogP contribution < -0.4 is 0 Å². The Morgan fingerprint density at radius 2 is 1.76 bits per heavy atom. The molecule has 2 nitrogen and oxygen atoms in total. The number of halogens is 1. The topological polar surface area (TPSA) is 44.0 Å². The van der Waals surface area contributed by atoms with E-state index in [0.29, 0.717) is 12.8 Å². The summed E-state index contributed by atoms with van der Waals surface area (Å²) in [6.45, 7) is 0. The molecule has 0 aliphatic heterocycles. The van der Waals surface area contributed by atoms with Crippen molar-refractivity contribution < 1.29 is 5.11 Å². The van der Waals surface area contributed by atoms with E-state index >= 15 is 0 Å². The zero-order valence-corrected chi connectivity index (χ0v) is 13.2. The van der Waals surface area contributed by atoms with E-state index in [1.165, 1.54) is 11.1 Å². The Balaban J connectivity index is 2.00. The SMILES string of the molecule is N#CC1(C(O)c2ccccc2Br)CCc2ccccc2C1. The number of nitrogens with zero attached hydrogens (tertiary/aromatic N) is 1. The van der Waals surface area contributed by atoms with Crippen LogP contribution in [0.4, 0.5) is 0 Å². The minimum absolute atomic E-state index is 0.599. The summed E-state index contributed by atoms with van der Waals surface area (Å²) in [5, 5.41) is 20.6. The third-order valence-electron chi connectivity index (χ3n) is 4.41. The van der Waals surface area contributed by atoms with Crippen molar-refractivity contribution in [3.8, 4) is 6.07 Å². The van der Waals surface area contributed by atoms with Crippen molar-refractivity contribution in [1.29, 1.82) is 5.26 Å². The highest BCUT2D eigenvalue weighted by Gasteiger charge is 2.42. The quantitative estimate of drug-likeness (QED) is 0.890. The third-order valence-corrected chi connectivity index (χ3v) is 5.13. The van der Waals surface area contributed by atoms with Crippen LogP contribution in [0.3, 0.4) is 0 Å². The summed E-state index contributed by atoms with van der Waals surface area (Å²) < 4.78 is 0.853. The lowest BCUT2D eigenvalue weighted by atomic mass is 9.67. The lowest BCUT2D eigenvalue weighted by Gasteiger charge is -2.36. The van der Waals surface area contributed by atoms with E-state index in [1.807, 2.05) is 36.4 Å². The number of aliphatic hydroxyl groups is 1. The molecule has 2 aromatic carbocycles. The molecule has 0 saturated heterocycles. The molecule has 1 aliphatic carbocycles. The van der Waals surface area contributed by atoms with Gasteiger partial charge >= 0.3 is 0 Å². The van der Waals surface area contributed by atoms with Gasteiger partial charge in [0.2, 0.25) is 0 Å². The standard InChI is InChI=1S/C18H16BrNO/c19-16-8-4-3-7-15(16)17(21)18(12-20)10-9-13-5-1-2-6-14(13)11-18/h1-8,17,21H,9-11H2. The van der Waals surface area contributed by atoms with Gasteiger partial charge in [-0.1, -0.05) is 58.4 Å². The van der Waals surface area contributed by atoms with Gasteiger partial charge in [0, 0.05) is 4.47 Å². The highest BCUT2D eigenvalue weighted by molar-refractivity contribution is 9.10. The molecule has 3 rings (SSSR count). The number of aryl methyl sites for hydroxylation is 1. The van der Waals surface area contributed by atoms with Crippen molar-refractivity contribution in [2.24, 2.45) is 5.41 Å². The molecule has 1 aliphatic rings. The first-order valence-corrected chi connectivity index (χ1v) is 7.86. The smallest absolute Gasteiger partial charge is 0.0990 e. The molecule has 106 valence electrons. The molecule has 0 spiro atoms. The molecular weight excluding hydrogens is 326 g/mol. The van der Waals surface area contributed by atoms with Crippen LogP contribution in [-0.4, -0.2) is 5.11 Å². The molecule has 0 amide bonds. The molecule has 1 N–H and O–H groups in total. The van der Waals surface area contributed by atoms with Gasteiger partial charge in [-0.25, -0.2) is 0 Å². The maximum Gasteiger partial charge on any atom is 0.0990 e. The largest absolute Gasteiger partial charge is 0.387 e. The van der Waals surface area contributed by atoms with Crippen molar-refractivity contribution >= 4 is 15.9 Å². The number of benzene rings is 2. The normalized spacial score (nSPS) is 22.1. The molecule has 0 heterocycles. The van der Waals surface area contributed by atoms with E-state index < -0.39 is 11.5 Å². The Kier molecular flexibility index (Phi) is 3.84. The van der Waals surface area contributed by atoms with Crippen molar-refractivity contribution in [1.82, 2.24) is 0 Å². The Labute approximate surface area is 133 Å². The first-order valence-electron chi connectivity index (χ1n) is 7.07. The van der Waals surface area contributed by atoms with E-state index in [9.17, 15) is 10.4 Å².